The van der Waals surface area contributed by atoms with Crippen LogP contribution in [0.5, 0.6) is 11.5 Å². The first-order chi connectivity index (χ1) is 15.1. The molecule has 0 radical (unpaired) electrons. The number of rotatable bonds is 8. The van der Waals surface area contributed by atoms with Gasteiger partial charge in [0, 0.05) is 12.1 Å². The van der Waals surface area contributed by atoms with E-state index in [9.17, 15) is 19.5 Å². The monoisotopic (exact) mass is 481 g/mol. The van der Waals surface area contributed by atoms with Crippen molar-refractivity contribution in [2.45, 2.75) is 59.4 Å². The van der Waals surface area contributed by atoms with Crippen LogP contribution in [-0.2, 0) is 25.0 Å². The molecule has 0 unspecified atom stereocenters. The van der Waals surface area contributed by atoms with E-state index in [4.69, 9.17) is 23.0 Å². The summed E-state index contributed by atoms with van der Waals surface area (Å²) in [4.78, 5) is 21.9. The fourth-order valence-corrected chi connectivity index (χ4v) is 4.24. The third-order valence-electron chi connectivity index (χ3n) is 3.52. The molecule has 0 N–H and O–H groups in total. The number of nitrogens with zero attached hydrogens (tertiary/aromatic N) is 1. The minimum Gasteiger partial charge on any atom is -0.429 e. The average Bonchev–Trinajstić information content (AvgIpc) is 2.64. The fraction of sp³-hybridized carbons (Fsp3) is 0.409. The molecule has 0 heterocycles. The Hall–Kier alpha value is -2.94. The summed E-state index contributed by atoms with van der Waals surface area (Å²) >= 11 is 0. The van der Waals surface area contributed by atoms with E-state index in [0.717, 1.165) is 0 Å². The Bertz CT molecular complexity index is 986. The lowest BCUT2D eigenvalue weighted by molar-refractivity contribution is -0.384. The Kier molecular flexibility index (Phi) is 8.24. The van der Waals surface area contributed by atoms with Crippen molar-refractivity contribution < 1.29 is 37.3 Å². The van der Waals surface area contributed by atoms with Crippen LogP contribution in [0.2, 0.25) is 0 Å². The van der Waals surface area contributed by atoms with Gasteiger partial charge < -0.3 is 14.0 Å². The highest BCUT2D eigenvalue weighted by molar-refractivity contribution is 7.49. The molecule has 0 aliphatic rings. The van der Waals surface area contributed by atoms with Gasteiger partial charge >= 0.3 is 14.0 Å². The third-order valence-corrected chi connectivity index (χ3v) is 5.49. The number of benzene rings is 2. The molecule has 2 rings (SSSR count). The molecule has 0 bridgehead atoms. The SMILES string of the molecule is CC(C)(C)OP(=O)(Oc1ccc(COC(=O)Oc2ccc([N+](=O)[O-])cc2)cc1)OC(C)(C)C. The Morgan fingerprint density at radius 1 is 0.879 bits per heavy atom. The molecule has 2 aromatic carbocycles. The molecule has 0 amide bonds. The number of carbonyl (C=O) groups excluding carboxylic acids is 1. The first-order valence-corrected chi connectivity index (χ1v) is 11.5. The zero-order chi connectivity index (χ0) is 24.9. The predicted molar refractivity (Wildman–Crippen MR) is 120 cm³/mol. The first kappa shape index (κ1) is 26.3. The summed E-state index contributed by atoms with van der Waals surface area (Å²) in [6.45, 7) is 10.4. The number of nitro benzene ring substituents is 1. The van der Waals surface area contributed by atoms with Crippen LogP contribution in [-0.4, -0.2) is 22.3 Å². The molecule has 2 aromatic rings. The van der Waals surface area contributed by atoms with Gasteiger partial charge in [-0.3, -0.25) is 19.2 Å². The third kappa shape index (κ3) is 9.61. The highest BCUT2D eigenvalue weighted by Crippen LogP contribution is 2.55. The van der Waals surface area contributed by atoms with Gasteiger partial charge in [-0.25, -0.2) is 9.36 Å². The largest absolute Gasteiger partial charge is 0.531 e. The van der Waals surface area contributed by atoms with Gasteiger partial charge in [-0.2, -0.15) is 0 Å². The quantitative estimate of drug-likeness (QED) is 0.138. The summed E-state index contributed by atoms with van der Waals surface area (Å²) < 4.78 is 39.9. The molecule has 0 aliphatic heterocycles. The van der Waals surface area contributed by atoms with Crippen molar-refractivity contribution >= 4 is 19.7 Å². The van der Waals surface area contributed by atoms with E-state index >= 15 is 0 Å². The van der Waals surface area contributed by atoms with Gasteiger partial charge in [0.2, 0.25) is 0 Å². The van der Waals surface area contributed by atoms with E-state index in [-0.39, 0.29) is 23.8 Å². The second kappa shape index (κ2) is 10.3. The van der Waals surface area contributed by atoms with Crippen LogP contribution in [0.15, 0.2) is 48.5 Å². The molecule has 10 nitrogen and oxygen atoms in total. The molecular weight excluding hydrogens is 453 g/mol. The summed E-state index contributed by atoms with van der Waals surface area (Å²) in [6.07, 6.45) is -0.967. The molecule has 0 spiro atoms. The number of carbonyl (C=O) groups is 1. The smallest absolute Gasteiger partial charge is 0.429 e. The molecule has 0 saturated heterocycles. The van der Waals surface area contributed by atoms with Crippen LogP contribution in [0.1, 0.15) is 47.1 Å². The second-order valence-electron chi connectivity index (χ2n) is 8.98. The van der Waals surface area contributed by atoms with Crippen molar-refractivity contribution in [2.75, 3.05) is 0 Å². The number of ether oxygens (including phenoxy) is 2. The Labute approximate surface area is 192 Å². The van der Waals surface area contributed by atoms with Crippen LogP contribution < -0.4 is 9.26 Å². The summed E-state index contributed by atoms with van der Waals surface area (Å²) in [6, 6.07) is 11.3. The van der Waals surface area contributed by atoms with E-state index in [1.165, 1.54) is 24.3 Å². The van der Waals surface area contributed by atoms with Gasteiger partial charge in [0.25, 0.3) is 5.69 Å². The van der Waals surface area contributed by atoms with Crippen LogP contribution in [0.25, 0.3) is 0 Å². The van der Waals surface area contributed by atoms with Gasteiger partial charge in [-0.1, -0.05) is 12.1 Å². The number of hydrogen-bond acceptors (Lipinski definition) is 9. The fourth-order valence-electron chi connectivity index (χ4n) is 2.41. The molecule has 33 heavy (non-hydrogen) atoms. The Balaban J connectivity index is 1.96. The van der Waals surface area contributed by atoms with Gasteiger partial charge in [0.05, 0.1) is 16.1 Å². The highest BCUT2D eigenvalue weighted by Gasteiger charge is 2.38. The Morgan fingerprint density at radius 3 is 1.82 bits per heavy atom. The lowest BCUT2D eigenvalue weighted by Crippen LogP contribution is -2.25. The topological polar surface area (TPSA) is 123 Å². The lowest BCUT2D eigenvalue weighted by atomic mass is 10.2. The van der Waals surface area contributed by atoms with Crippen molar-refractivity contribution in [3.63, 3.8) is 0 Å². The molecule has 180 valence electrons. The second-order valence-corrected chi connectivity index (χ2v) is 10.4. The number of hydrogen-bond donors (Lipinski definition) is 0. The van der Waals surface area contributed by atoms with Crippen LogP contribution in [0.3, 0.4) is 0 Å². The molecule has 11 heteroatoms. The highest BCUT2D eigenvalue weighted by atomic mass is 31.2. The molecule has 0 aromatic heterocycles. The number of nitro groups is 1. The summed E-state index contributed by atoms with van der Waals surface area (Å²) in [5, 5.41) is 10.7. The Morgan fingerprint density at radius 2 is 1.36 bits per heavy atom. The number of phosphoric ester groups is 1. The average molecular weight is 481 g/mol. The molecule has 0 aliphatic carbocycles. The summed E-state index contributed by atoms with van der Waals surface area (Å²) in [5.41, 5.74) is -1.04. The molecule has 0 atom stereocenters. The van der Waals surface area contributed by atoms with Gasteiger partial charge in [0.1, 0.15) is 18.1 Å². The zero-order valence-electron chi connectivity index (χ0n) is 19.4. The minimum atomic E-state index is -3.93. The molecular formula is C22H28NO9P. The first-order valence-electron chi connectivity index (χ1n) is 10.0. The van der Waals surface area contributed by atoms with E-state index in [1.54, 1.807) is 65.8 Å². The van der Waals surface area contributed by atoms with Crippen LogP contribution >= 0.6 is 7.82 Å². The number of non-ortho nitro benzene ring substituents is 1. The van der Waals surface area contributed by atoms with E-state index in [1.807, 2.05) is 0 Å². The van der Waals surface area contributed by atoms with Crippen molar-refractivity contribution in [2.24, 2.45) is 0 Å². The normalized spacial score (nSPS) is 12.2. The lowest BCUT2D eigenvalue weighted by Gasteiger charge is -2.30. The number of phosphoric acid groups is 1. The maximum absolute atomic E-state index is 13.2. The predicted octanol–water partition coefficient (Wildman–Crippen LogP) is 6.43. The minimum absolute atomic E-state index is 0.0965. The van der Waals surface area contributed by atoms with E-state index < -0.39 is 30.1 Å². The standard InChI is InChI=1S/C22H28NO9P/c1-21(2,3)31-33(27,32-22(4,5)6)30-19-11-7-16(8-12-19)15-28-20(24)29-18-13-9-17(10-14-18)23(25)26/h7-14H,15H2,1-6H3. The van der Waals surface area contributed by atoms with E-state index in [2.05, 4.69) is 0 Å². The van der Waals surface area contributed by atoms with Crippen LogP contribution in [0, 0.1) is 10.1 Å². The van der Waals surface area contributed by atoms with Gasteiger partial charge in [-0.05, 0) is 71.4 Å². The van der Waals surface area contributed by atoms with Crippen LogP contribution in [0.4, 0.5) is 10.5 Å². The van der Waals surface area contributed by atoms with Gasteiger partial charge in [-0.15, -0.1) is 0 Å². The maximum Gasteiger partial charge on any atom is 0.531 e. The van der Waals surface area contributed by atoms with E-state index in [0.29, 0.717) is 5.56 Å². The zero-order valence-corrected chi connectivity index (χ0v) is 20.3. The van der Waals surface area contributed by atoms with Crippen molar-refractivity contribution in [3.05, 3.63) is 64.2 Å². The van der Waals surface area contributed by atoms with Gasteiger partial charge in [0.15, 0.2) is 0 Å². The van der Waals surface area contributed by atoms with Crippen molar-refractivity contribution in [1.29, 1.82) is 0 Å². The molecule has 0 fully saturated rings. The van der Waals surface area contributed by atoms with Crippen molar-refractivity contribution in [3.8, 4) is 11.5 Å². The van der Waals surface area contributed by atoms with Crippen molar-refractivity contribution in [1.82, 2.24) is 0 Å². The summed E-state index contributed by atoms with van der Waals surface area (Å²) in [5.74, 6) is 0.367. The summed E-state index contributed by atoms with van der Waals surface area (Å²) in [7, 11) is -3.93. The molecule has 0 saturated carbocycles. The maximum atomic E-state index is 13.2.